The molecule has 1 atom stereocenters. The van der Waals surface area contributed by atoms with Crippen LogP contribution in [0.2, 0.25) is 0 Å². The largest absolute Gasteiger partial charge is 0.494 e. The van der Waals surface area contributed by atoms with E-state index in [9.17, 15) is 0 Å². The summed E-state index contributed by atoms with van der Waals surface area (Å²) in [6.07, 6.45) is 12.5. The summed E-state index contributed by atoms with van der Waals surface area (Å²) in [6.45, 7) is 27.2. The van der Waals surface area contributed by atoms with Crippen molar-refractivity contribution in [1.29, 1.82) is 0 Å². The van der Waals surface area contributed by atoms with Gasteiger partial charge >= 0.3 is 14.2 Å². The normalized spacial score (nSPS) is 17.0. The van der Waals surface area contributed by atoms with E-state index in [0.717, 1.165) is 90.5 Å². The van der Waals surface area contributed by atoms with Crippen LogP contribution in [-0.2, 0) is 18.6 Å². The van der Waals surface area contributed by atoms with Crippen molar-refractivity contribution in [3.63, 3.8) is 0 Å². The number of ether oxygens (including phenoxy) is 2. The molecule has 7 nitrogen and oxygen atoms in total. The molecule has 1 aromatic heterocycles. The highest BCUT2D eigenvalue weighted by molar-refractivity contribution is 9.10. The molecule has 11 heteroatoms. The first kappa shape index (κ1) is 56.1. The number of hydrogen-bond donors (Lipinski definition) is 0. The molecule has 2 saturated heterocycles. The summed E-state index contributed by atoms with van der Waals surface area (Å²) >= 11 is 7.16. The second kappa shape index (κ2) is 23.7. The number of halogens is 2. The zero-order chi connectivity index (χ0) is 53.0. The van der Waals surface area contributed by atoms with Gasteiger partial charge in [-0.15, -0.1) is 0 Å². The van der Waals surface area contributed by atoms with Gasteiger partial charge in [-0.3, -0.25) is 0 Å². The maximum Gasteiger partial charge on any atom is 0.494 e. The smallest absolute Gasteiger partial charge is 0.493 e. The Labute approximate surface area is 460 Å². The number of aryl methyl sites for hydroxylation is 1. The van der Waals surface area contributed by atoms with Gasteiger partial charge in [-0.1, -0.05) is 146 Å². The van der Waals surface area contributed by atoms with Crippen molar-refractivity contribution in [3.05, 3.63) is 124 Å². The van der Waals surface area contributed by atoms with Crippen LogP contribution in [0.5, 0.6) is 11.5 Å². The molecule has 0 spiro atoms. The van der Waals surface area contributed by atoms with Gasteiger partial charge in [-0.2, -0.15) is 0 Å². The molecular weight excluding hydrogens is 1050 g/mol. The van der Waals surface area contributed by atoms with Crippen molar-refractivity contribution in [2.45, 2.75) is 170 Å². The van der Waals surface area contributed by atoms with Gasteiger partial charge in [0.2, 0.25) is 0 Å². The minimum absolute atomic E-state index is 0.423. The van der Waals surface area contributed by atoms with Crippen LogP contribution in [0, 0.1) is 12.8 Å². The summed E-state index contributed by atoms with van der Waals surface area (Å²) in [5.74, 6) is 2.49. The second-order valence-electron chi connectivity index (χ2n) is 22.7. The summed E-state index contributed by atoms with van der Waals surface area (Å²) in [5, 5.41) is 4.59. The van der Waals surface area contributed by atoms with Crippen LogP contribution in [0.4, 0.5) is 0 Å². The third-order valence-electron chi connectivity index (χ3n) is 16.1. The Morgan fingerprint density at radius 2 is 1.05 bits per heavy atom. The molecule has 2 aliphatic rings. The third kappa shape index (κ3) is 12.5. The third-order valence-corrected chi connectivity index (χ3v) is 17.1. The highest BCUT2D eigenvalue weighted by Gasteiger charge is 2.53. The van der Waals surface area contributed by atoms with Crippen molar-refractivity contribution >= 4 is 89.6 Å². The van der Waals surface area contributed by atoms with Crippen molar-refractivity contribution in [3.8, 4) is 28.3 Å². The maximum absolute atomic E-state index is 6.49. The molecule has 9 rings (SSSR count). The van der Waals surface area contributed by atoms with Gasteiger partial charge in [-0.25, -0.2) is 0 Å². The molecule has 1 unspecified atom stereocenters. The van der Waals surface area contributed by atoms with Gasteiger partial charge < -0.3 is 32.7 Å². The minimum Gasteiger partial charge on any atom is -0.493 e. The lowest BCUT2D eigenvalue weighted by atomic mass is 9.77. The number of benzene rings is 6. The number of rotatable bonds is 19. The SMILES string of the molecule is CCCCC(CC)COc1ccc2cc(-n3c4ccc(B5OC(C)(C)C(C)(C)O5)cc4c4cc(B5OC(C)(C)C(C)(C)O5)ccc43)ccc2c1.CCCCCCCCOc1ccc(Br)cc1-c1cc(Br)ccc1C. The Morgan fingerprint density at radius 3 is 1.64 bits per heavy atom. The molecule has 3 heterocycles. The number of unbranched alkanes of at least 4 members (excludes halogenated alkanes) is 6. The van der Waals surface area contributed by atoms with Crippen LogP contribution < -0.4 is 20.4 Å². The molecule has 2 fully saturated rings. The first-order valence-corrected chi connectivity index (χ1v) is 29.0. The monoisotopic (exact) mass is 1130 g/mol. The van der Waals surface area contributed by atoms with E-state index in [1.807, 2.05) is 6.07 Å². The standard InChI is InChI=1S/C42H53B2NO5.C21H26Br2O/c1-11-13-14-28(12-2)27-46-34-20-16-29-23-33(19-15-30(29)24-34)45-37-21-17-31(43-47-39(3,4)40(5,6)48-43)25-35(37)36-26-32(18-22-38(36)45)44-49-41(7,8)42(9,10)50-44;1-3-4-5-6-7-8-13-24-21-12-11-18(23)15-20(21)19-14-17(22)10-9-16(19)2/h15-26,28H,11-14,27H2,1-10H3;9-12,14-15H,3-8,13H2,1-2H3. The lowest BCUT2D eigenvalue weighted by Crippen LogP contribution is -2.41. The highest BCUT2D eigenvalue weighted by atomic mass is 79.9. The van der Waals surface area contributed by atoms with E-state index in [1.165, 1.54) is 73.3 Å². The van der Waals surface area contributed by atoms with Crippen LogP contribution in [0.25, 0.3) is 49.4 Å². The van der Waals surface area contributed by atoms with Gasteiger partial charge in [0.15, 0.2) is 0 Å². The summed E-state index contributed by atoms with van der Waals surface area (Å²) in [6, 6.07) is 39.0. The Balaban J connectivity index is 0.000000255. The number of nitrogens with zero attached hydrogens (tertiary/aromatic N) is 1. The van der Waals surface area contributed by atoms with Gasteiger partial charge in [0.25, 0.3) is 0 Å². The fourth-order valence-electron chi connectivity index (χ4n) is 9.93. The molecule has 2 aliphatic heterocycles. The Morgan fingerprint density at radius 1 is 0.527 bits per heavy atom. The first-order chi connectivity index (χ1) is 35.2. The van der Waals surface area contributed by atoms with E-state index in [-0.39, 0.29) is 0 Å². The molecule has 0 aliphatic carbocycles. The Bertz CT molecular complexity index is 2930. The molecule has 7 aromatic rings. The Hall–Kier alpha value is -4.09. The van der Waals surface area contributed by atoms with Crippen molar-refractivity contribution < 1.29 is 28.1 Å². The van der Waals surface area contributed by atoms with Gasteiger partial charge in [0.05, 0.1) is 46.7 Å². The predicted octanol–water partition coefficient (Wildman–Crippen LogP) is 17.1. The van der Waals surface area contributed by atoms with E-state index >= 15 is 0 Å². The van der Waals surface area contributed by atoms with Crippen molar-refractivity contribution in [1.82, 2.24) is 4.57 Å². The number of aromatic nitrogens is 1. The molecule has 0 saturated carbocycles. The van der Waals surface area contributed by atoms with E-state index in [2.05, 4.69) is 223 Å². The quantitative estimate of drug-likeness (QED) is 0.0594. The molecule has 392 valence electrons. The fourth-order valence-corrected chi connectivity index (χ4v) is 10.7. The zero-order valence-electron chi connectivity index (χ0n) is 46.3. The summed E-state index contributed by atoms with van der Waals surface area (Å²) < 4.78 is 42.9. The Kier molecular flexibility index (Phi) is 17.9. The lowest BCUT2D eigenvalue weighted by molar-refractivity contribution is 0.00578. The van der Waals surface area contributed by atoms with Crippen LogP contribution in [-0.4, -0.2) is 54.4 Å². The van der Waals surface area contributed by atoms with E-state index in [4.69, 9.17) is 28.1 Å². The fraction of sp³-hybridized carbons (Fsp3) is 0.460. The van der Waals surface area contributed by atoms with Crippen molar-refractivity contribution in [2.24, 2.45) is 5.92 Å². The molecule has 74 heavy (non-hydrogen) atoms. The summed E-state index contributed by atoms with van der Waals surface area (Å²) in [5.41, 5.74) is 7.25. The van der Waals surface area contributed by atoms with Gasteiger partial charge in [0.1, 0.15) is 11.5 Å². The van der Waals surface area contributed by atoms with Crippen LogP contribution in [0.15, 0.2) is 118 Å². The van der Waals surface area contributed by atoms with Gasteiger partial charge in [0, 0.05) is 31.0 Å². The second-order valence-corrected chi connectivity index (χ2v) is 24.5. The van der Waals surface area contributed by atoms with Crippen LogP contribution in [0.3, 0.4) is 0 Å². The van der Waals surface area contributed by atoms with E-state index in [0.29, 0.717) is 5.92 Å². The molecular formula is C63H79B2Br2NO6. The number of hydrogen-bond acceptors (Lipinski definition) is 6. The van der Waals surface area contributed by atoms with Crippen LogP contribution >= 0.6 is 31.9 Å². The first-order valence-electron chi connectivity index (χ1n) is 27.4. The molecule has 0 radical (unpaired) electrons. The average molecular weight is 1130 g/mol. The number of fused-ring (bicyclic) bond motifs is 4. The van der Waals surface area contributed by atoms with Crippen LogP contribution in [0.1, 0.15) is 146 Å². The zero-order valence-corrected chi connectivity index (χ0v) is 49.4. The molecule has 0 amide bonds. The maximum atomic E-state index is 6.49. The van der Waals surface area contributed by atoms with E-state index in [1.54, 1.807) is 0 Å². The van der Waals surface area contributed by atoms with E-state index < -0.39 is 36.6 Å². The summed E-state index contributed by atoms with van der Waals surface area (Å²) in [4.78, 5) is 0. The summed E-state index contributed by atoms with van der Waals surface area (Å²) in [7, 11) is -0.907. The highest BCUT2D eigenvalue weighted by Crippen LogP contribution is 2.41. The molecule has 0 N–H and O–H groups in total. The molecule has 0 bridgehead atoms. The lowest BCUT2D eigenvalue weighted by Gasteiger charge is -2.32. The minimum atomic E-state index is -0.453. The molecule has 6 aromatic carbocycles. The van der Waals surface area contributed by atoms with Gasteiger partial charge in [-0.05, 0) is 181 Å². The predicted molar refractivity (Wildman–Crippen MR) is 319 cm³/mol. The average Bonchev–Trinajstić information content (AvgIpc) is 3.90. The topological polar surface area (TPSA) is 60.3 Å². The van der Waals surface area contributed by atoms with Crippen molar-refractivity contribution in [2.75, 3.05) is 13.2 Å².